The van der Waals surface area contributed by atoms with Gasteiger partial charge in [0.25, 0.3) is 0 Å². The van der Waals surface area contributed by atoms with Crippen LogP contribution in [0.4, 0.5) is 0 Å². The van der Waals surface area contributed by atoms with Crippen LogP contribution in [0.5, 0.6) is 0 Å². The summed E-state index contributed by atoms with van der Waals surface area (Å²) in [7, 11) is 4.21. The quantitative estimate of drug-likeness (QED) is 0.811. The van der Waals surface area contributed by atoms with Gasteiger partial charge < -0.3 is 10.2 Å². The largest absolute Gasteiger partial charge is 0.310 e. The van der Waals surface area contributed by atoms with E-state index in [-0.39, 0.29) is 0 Å². The van der Waals surface area contributed by atoms with E-state index in [4.69, 9.17) is 0 Å². The van der Waals surface area contributed by atoms with Crippen LogP contribution in [0.15, 0.2) is 24.3 Å². The maximum atomic E-state index is 3.52. The molecule has 1 heterocycles. The Labute approximate surface area is 92.3 Å². The highest BCUT2D eigenvalue weighted by molar-refractivity contribution is 5.25. The standard InChI is InChI=1S/C13H20N2/c1-15(2)10-11-5-7-12(8-6-11)13-4-3-9-14-13/h5-8,13-14H,3-4,9-10H2,1-2H3/t13-/m0/s1. The van der Waals surface area contributed by atoms with Crippen LogP contribution >= 0.6 is 0 Å². The number of nitrogens with zero attached hydrogens (tertiary/aromatic N) is 1. The van der Waals surface area contributed by atoms with E-state index in [2.05, 4.69) is 48.6 Å². The molecule has 1 aromatic carbocycles. The molecule has 1 N–H and O–H groups in total. The summed E-state index contributed by atoms with van der Waals surface area (Å²) in [5, 5.41) is 3.52. The van der Waals surface area contributed by atoms with Crippen molar-refractivity contribution in [3.8, 4) is 0 Å². The average molecular weight is 204 g/mol. The Balaban J connectivity index is 2.03. The molecule has 2 nitrogen and oxygen atoms in total. The van der Waals surface area contributed by atoms with Gasteiger partial charge in [0, 0.05) is 12.6 Å². The fraction of sp³-hybridized carbons (Fsp3) is 0.538. The maximum absolute atomic E-state index is 3.52. The Morgan fingerprint density at radius 2 is 2.00 bits per heavy atom. The first-order valence-electron chi connectivity index (χ1n) is 5.72. The van der Waals surface area contributed by atoms with Gasteiger partial charge >= 0.3 is 0 Å². The van der Waals surface area contributed by atoms with Gasteiger partial charge in [-0.25, -0.2) is 0 Å². The topological polar surface area (TPSA) is 15.3 Å². The fourth-order valence-corrected chi connectivity index (χ4v) is 2.19. The number of hydrogen-bond acceptors (Lipinski definition) is 2. The molecule has 0 aliphatic carbocycles. The van der Waals surface area contributed by atoms with Crippen molar-refractivity contribution < 1.29 is 0 Å². The predicted octanol–water partition coefficient (Wildman–Crippen LogP) is 2.17. The molecule has 0 amide bonds. The Bertz CT molecular complexity index is 297. The van der Waals surface area contributed by atoms with Gasteiger partial charge in [-0.15, -0.1) is 0 Å². The lowest BCUT2D eigenvalue weighted by atomic mass is 10.0. The van der Waals surface area contributed by atoms with Crippen LogP contribution in [-0.2, 0) is 6.54 Å². The third-order valence-electron chi connectivity index (χ3n) is 2.94. The van der Waals surface area contributed by atoms with Gasteiger partial charge in [-0.1, -0.05) is 24.3 Å². The van der Waals surface area contributed by atoms with Crippen LogP contribution in [0, 0.1) is 0 Å². The first-order valence-corrected chi connectivity index (χ1v) is 5.72. The van der Waals surface area contributed by atoms with E-state index in [0.717, 1.165) is 6.54 Å². The minimum atomic E-state index is 0.596. The van der Waals surface area contributed by atoms with E-state index in [0.29, 0.717) is 6.04 Å². The van der Waals surface area contributed by atoms with Gasteiger partial charge in [-0.05, 0) is 44.6 Å². The molecule has 2 heteroatoms. The smallest absolute Gasteiger partial charge is 0.0320 e. The summed E-state index contributed by atoms with van der Waals surface area (Å²) in [6.07, 6.45) is 2.59. The zero-order valence-corrected chi connectivity index (χ0v) is 9.66. The lowest BCUT2D eigenvalue weighted by Crippen LogP contribution is -2.13. The van der Waals surface area contributed by atoms with Crippen molar-refractivity contribution in [3.05, 3.63) is 35.4 Å². The maximum Gasteiger partial charge on any atom is 0.0320 e. The monoisotopic (exact) mass is 204 g/mol. The molecule has 1 atom stereocenters. The highest BCUT2D eigenvalue weighted by atomic mass is 15.0. The highest BCUT2D eigenvalue weighted by Gasteiger charge is 2.15. The first kappa shape index (κ1) is 10.7. The molecule has 1 aliphatic heterocycles. The molecule has 0 saturated carbocycles. The van der Waals surface area contributed by atoms with Crippen LogP contribution < -0.4 is 5.32 Å². The summed E-state index contributed by atoms with van der Waals surface area (Å²) >= 11 is 0. The normalized spacial score (nSPS) is 21.1. The molecule has 0 unspecified atom stereocenters. The molecule has 1 saturated heterocycles. The van der Waals surface area contributed by atoms with E-state index in [1.807, 2.05) is 0 Å². The molecule has 1 aliphatic rings. The first-order chi connectivity index (χ1) is 7.25. The van der Waals surface area contributed by atoms with Crippen molar-refractivity contribution in [2.45, 2.75) is 25.4 Å². The molecule has 1 aromatic rings. The molecule has 0 spiro atoms. The molecule has 2 rings (SSSR count). The second-order valence-electron chi connectivity index (χ2n) is 4.63. The van der Waals surface area contributed by atoms with Crippen LogP contribution in [0.1, 0.15) is 30.0 Å². The summed E-state index contributed by atoms with van der Waals surface area (Å²) in [5.74, 6) is 0. The summed E-state index contributed by atoms with van der Waals surface area (Å²) in [4.78, 5) is 2.20. The number of benzene rings is 1. The van der Waals surface area contributed by atoms with Crippen molar-refractivity contribution in [1.29, 1.82) is 0 Å². The average Bonchev–Trinajstić information content (AvgIpc) is 2.71. The van der Waals surface area contributed by atoms with Gasteiger partial charge in [0.1, 0.15) is 0 Å². The third kappa shape index (κ3) is 2.80. The van der Waals surface area contributed by atoms with Gasteiger partial charge in [-0.2, -0.15) is 0 Å². The predicted molar refractivity (Wildman–Crippen MR) is 63.8 cm³/mol. The van der Waals surface area contributed by atoms with Crippen molar-refractivity contribution in [1.82, 2.24) is 10.2 Å². The lowest BCUT2D eigenvalue weighted by molar-refractivity contribution is 0.402. The Morgan fingerprint density at radius 3 is 2.53 bits per heavy atom. The van der Waals surface area contributed by atoms with Crippen LogP contribution in [0.3, 0.4) is 0 Å². The molecule has 0 bridgehead atoms. The van der Waals surface area contributed by atoms with E-state index in [1.165, 1.54) is 30.5 Å². The summed E-state index contributed by atoms with van der Waals surface area (Å²) in [6.45, 7) is 2.20. The summed E-state index contributed by atoms with van der Waals surface area (Å²) < 4.78 is 0. The lowest BCUT2D eigenvalue weighted by Gasteiger charge is -2.13. The number of rotatable bonds is 3. The Morgan fingerprint density at radius 1 is 1.27 bits per heavy atom. The van der Waals surface area contributed by atoms with Crippen molar-refractivity contribution >= 4 is 0 Å². The van der Waals surface area contributed by atoms with E-state index in [1.54, 1.807) is 0 Å². The summed E-state index contributed by atoms with van der Waals surface area (Å²) in [6, 6.07) is 9.62. The van der Waals surface area contributed by atoms with Crippen molar-refractivity contribution in [3.63, 3.8) is 0 Å². The molecular weight excluding hydrogens is 184 g/mol. The number of nitrogens with one attached hydrogen (secondary N) is 1. The molecular formula is C13H20N2. The molecule has 0 aromatic heterocycles. The van der Waals surface area contributed by atoms with Gasteiger partial charge in [0.2, 0.25) is 0 Å². The number of hydrogen-bond donors (Lipinski definition) is 1. The van der Waals surface area contributed by atoms with E-state index < -0.39 is 0 Å². The Kier molecular flexibility index (Phi) is 3.39. The van der Waals surface area contributed by atoms with Crippen molar-refractivity contribution in [2.24, 2.45) is 0 Å². The third-order valence-corrected chi connectivity index (χ3v) is 2.94. The zero-order valence-electron chi connectivity index (χ0n) is 9.66. The van der Waals surface area contributed by atoms with Crippen LogP contribution in [-0.4, -0.2) is 25.5 Å². The molecule has 82 valence electrons. The minimum Gasteiger partial charge on any atom is -0.310 e. The molecule has 15 heavy (non-hydrogen) atoms. The van der Waals surface area contributed by atoms with Crippen LogP contribution in [0.25, 0.3) is 0 Å². The van der Waals surface area contributed by atoms with Gasteiger partial charge in [-0.3, -0.25) is 0 Å². The fourth-order valence-electron chi connectivity index (χ4n) is 2.19. The van der Waals surface area contributed by atoms with E-state index >= 15 is 0 Å². The van der Waals surface area contributed by atoms with Crippen LogP contribution in [0.2, 0.25) is 0 Å². The molecule has 0 radical (unpaired) electrons. The van der Waals surface area contributed by atoms with Gasteiger partial charge in [0.15, 0.2) is 0 Å². The minimum absolute atomic E-state index is 0.596. The van der Waals surface area contributed by atoms with E-state index in [9.17, 15) is 0 Å². The summed E-state index contributed by atoms with van der Waals surface area (Å²) in [5.41, 5.74) is 2.83. The second-order valence-corrected chi connectivity index (χ2v) is 4.63. The van der Waals surface area contributed by atoms with Crippen molar-refractivity contribution in [2.75, 3.05) is 20.6 Å². The zero-order chi connectivity index (χ0) is 10.7. The van der Waals surface area contributed by atoms with Gasteiger partial charge in [0.05, 0.1) is 0 Å². The second kappa shape index (κ2) is 4.77. The molecule has 1 fully saturated rings. The highest BCUT2D eigenvalue weighted by Crippen LogP contribution is 2.23. The SMILES string of the molecule is CN(C)Cc1ccc([C@@H]2CCCN2)cc1. The Hall–Kier alpha value is -0.860.